The standard InChI is InChI=1S/C14H19BrN2OS/c1-5-6-9-12(17-19(18)14(2,3)4)13-11(15)8-7-10-16-13/h5,7-8,10H,1,6,9H2,2-4H3/b17-12+/t19-/m0/s1. The Balaban J connectivity index is 3.15. The molecular formula is C14H19BrN2OS. The van der Waals surface area contributed by atoms with E-state index in [1.54, 1.807) is 6.20 Å². The molecule has 0 N–H and O–H groups in total. The van der Waals surface area contributed by atoms with Crippen LogP contribution in [-0.2, 0) is 11.0 Å². The molecule has 0 aliphatic carbocycles. The van der Waals surface area contributed by atoms with Crippen molar-refractivity contribution in [2.75, 3.05) is 0 Å². The lowest BCUT2D eigenvalue weighted by Crippen LogP contribution is -2.21. The van der Waals surface area contributed by atoms with E-state index in [1.165, 1.54) is 0 Å². The lowest BCUT2D eigenvalue weighted by atomic mass is 10.1. The summed E-state index contributed by atoms with van der Waals surface area (Å²) in [6.45, 7) is 9.44. The van der Waals surface area contributed by atoms with E-state index < -0.39 is 11.0 Å². The second kappa shape index (κ2) is 7.10. The van der Waals surface area contributed by atoms with E-state index in [4.69, 9.17) is 0 Å². The van der Waals surface area contributed by atoms with Gasteiger partial charge in [-0.25, -0.2) is 4.21 Å². The maximum Gasteiger partial charge on any atom is 0.145 e. The van der Waals surface area contributed by atoms with Crippen LogP contribution in [0.1, 0.15) is 39.3 Å². The predicted molar refractivity (Wildman–Crippen MR) is 85.8 cm³/mol. The summed E-state index contributed by atoms with van der Waals surface area (Å²) in [5, 5.41) is 0. The minimum Gasteiger partial charge on any atom is -0.254 e. The van der Waals surface area contributed by atoms with Crippen LogP contribution >= 0.6 is 15.9 Å². The first-order valence-corrected chi connectivity index (χ1v) is 7.97. The summed E-state index contributed by atoms with van der Waals surface area (Å²) in [6, 6.07) is 3.76. The third-order valence-corrected chi connectivity index (χ3v) is 4.41. The summed E-state index contributed by atoms with van der Waals surface area (Å²) >= 11 is 3.46. The van der Waals surface area contributed by atoms with Crippen LogP contribution in [-0.4, -0.2) is 19.7 Å². The van der Waals surface area contributed by atoms with E-state index in [2.05, 4.69) is 31.9 Å². The van der Waals surface area contributed by atoms with Crippen LogP contribution < -0.4 is 0 Å². The molecule has 1 atom stereocenters. The van der Waals surface area contributed by atoms with E-state index in [-0.39, 0.29) is 4.75 Å². The van der Waals surface area contributed by atoms with Crippen molar-refractivity contribution in [1.82, 2.24) is 4.98 Å². The number of allylic oxidation sites excluding steroid dienone is 1. The van der Waals surface area contributed by atoms with Gasteiger partial charge in [0.1, 0.15) is 11.0 Å². The Bertz CT molecular complexity index is 506. The summed E-state index contributed by atoms with van der Waals surface area (Å²) in [4.78, 5) is 4.32. The zero-order valence-electron chi connectivity index (χ0n) is 11.5. The highest BCUT2D eigenvalue weighted by molar-refractivity contribution is 9.10. The van der Waals surface area contributed by atoms with Crippen molar-refractivity contribution in [3.8, 4) is 0 Å². The normalized spacial score (nSPS) is 14.2. The monoisotopic (exact) mass is 342 g/mol. The first-order chi connectivity index (χ1) is 8.86. The summed E-state index contributed by atoms with van der Waals surface area (Å²) in [6.07, 6.45) is 5.00. The lowest BCUT2D eigenvalue weighted by Gasteiger charge is -2.15. The third kappa shape index (κ3) is 4.99. The van der Waals surface area contributed by atoms with Crippen LogP contribution in [0.4, 0.5) is 0 Å². The van der Waals surface area contributed by atoms with Crippen LogP contribution in [0.5, 0.6) is 0 Å². The molecule has 0 unspecified atom stereocenters. The van der Waals surface area contributed by atoms with Crippen LogP contribution in [0.3, 0.4) is 0 Å². The van der Waals surface area contributed by atoms with Gasteiger partial charge in [0.15, 0.2) is 0 Å². The van der Waals surface area contributed by atoms with Gasteiger partial charge in [-0.15, -0.1) is 6.58 Å². The second-order valence-corrected chi connectivity index (χ2v) is 7.82. The van der Waals surface area contributed by atoms with E-state index in [9.17, 15) is 4.21 Å². The Morgan fingerprint density at radius 2 is 2.26 bits per heavy atom. The molecule has 3 nitrogen and oxygen atoms in total. The van der Waals surface area contributed by atoms with Crippen molar-refractivity contribution >= 4 is 32.6 Å². The summed E-state index contributed by atoms with van der Waals surface area (Å²) < 4.78 is 17.0. The van der Waals surface area contributed by atoms with Crippen LogP contribution in [0, 0.1) is 0 Å². The molecule has 0 saturated heterocycles. The first-order valence-electron chi connectivity index (χ1n) is 6.07. The minimum atomic E-state index is -1.29. The van der Waals surface area contributed by atoms with Gasteiger partial charge in [-0.1, -0.05) is 6.08 Å². The molecule has 1 heterocycles. The molecule has 1 rings (SSSR count). The summed E-state index contributed by atoms with van der Waals surface area (Å²) in [5.74, 6) is 0. The molecule has 0 spiro atoms. The number of pyridine rings is 1. The van der Waals surface area contributed by atoms with E-state index in [0.717, 1.165) is 22.3 Å². The van der Waals surface area contributed by atoms with Gasteiger partial charge in [0.2, 0.25) is 0 Å². The van der Waals surface area contributed by atoms with Gasteiger partial charge in [-0.3, -0.25) is 4.98 Å². The van der Waals surface area contributed by atoms with Crippen molar-refractivity contribution in [2.24, 2.45) is 4.40 Å². The number of aromatic nitrogens is 1. The second-order valence-electron chi connectivity index (χ2n) is 5.06. The molecule has 0 aromatic carbocycles. The molecule has 1 aromatic rings. The average Bonchev–Trinajstić information content (AvgIpc) is 2.34. The topological polar surface area (TPSA) is 42.3 Å². The Morgan fingerprint density at radius 3 is 2.79 bits per heavy atom. The summed E-state index contributed by atoms with van der Waals surface area (Å²) in [7, 11) is -1.29. The van der Waals surface area contributed by atoms with Gasteiger partial charge in [-0.05, 0) is 61.7 Å². The highest BCUT2D eigenvalue weighted by Gasteiger charge is 2.20. The first kappa shape index (κ1) is 16.2. The lowest BCUT2D eigenvalue weighted by molar-refractivity contribution is 0.650. The molecule has 0 radical (unpaired) electrons. The van der Waals surface area contributed by atoms with Gasteiger partial charge < -0.3 is 0 Å². The number of halogens is 1. The van der Waals surface area contributed by atoms with Gasteiger partial charge >= 0.3 is 0 Å². The van der Waals surface area contributed by atoms with Crippen LogP contribution in [0.25, 0.3) is 0 Å². The molecule has 0 aliphatic rings. The Labute approximate surface area is 126 Å². The van der Waals surface area contributed by atoms with Crippen molar-refractivity contribution in [3.05, 3.63) is 41.2 Å². The van der Waals surface area contributed by atoms with Crippen LogP contribution in [0.2, 0.25) is 0 Å². The number of hydrogen-bond donors (Lipinski definition) is 0. The van der Waals surface area contributed by atoms with Crippen LogP contribution in [0.15, 0.2) is 39.9 Å². The molecule has 0 bridgehead atoms. The fourth-order valence-electron chi connectivity index (χ4n) is 1.28. The molecule has 1 aromatic heterocycles. The van der Waals surface area contributed by atoms with Crippen molar-refractivity contribution < 1.29 is 4.21 Å². The average molecular weight is 343 g/mol. The molecule has 0 fully saturated rings. The zero-order valence-corrected chi connectivity index (χ0v) is 13.9. The molecule has 0 saturated carbocycles. The largest absolute Gasteiger partial charge is 0.254 e. The predicted octanol–water partition coefficient (Wildman–Crippen LogP) is 4.06. The fraction of sp³-hybridized carbons (Fsp3) is 0.429. The minimum absolute atomic E-state index is 0.374. The van der Waals surface area contributed by atoms with Crippen molar-refractivity contribution in [3.63, 3.8) is 0 Å². The number of hydrogen-bond acceptors (Lipinski definition) is 2. The molecule has 5 heteroatoms. The van der Waals surface area contributed by atoms with Gasteiger partial charge in [0, 0.05) is 10.7 Å². The number of rotatable bonds is 5. The third-order valence-electron chi connectivity index (χ3n) is 2.33. The Kier molecular flexibility index (Phi) is 6.07. The summed E-state index contributed by atoms with van der Waals surface area (Å²) in [5.41, 5.74) is 1.50. The van der Waals surface area contributed by atoms with E-state index in [0.29, 0.717) is 6.42 Å². The molecule has 0 amide bonds. The maximum absolute atomic E-state index is 12.2. The maximum atomic E-state index is 12.2. The number of nitrogens with zero attached hydrogens (tertiary/aromatic N) is 2. The molecule has 19 heavy (non-hydrogen) atoms. The fourth-order valence-corrected chi connectivity index (χ4v) is 2.42. The Morgan fingerprint density at radius 1 is 1.58 bits per heavy atom. The van der Waals surface area contributed by atoms with Gasteiger partial charge in [0.25, 0.3) is 0 Å². The van der Waals surface area contributed by atoms with Crippen molar-refractivity contribution in [1.29, 1.82) is 0 Å². The zero-order chi connectivity index (χ0) is 14.5. The smallest absolute Gasteiger partial charge is 0.145 e. The van der Waals surface area contributed by atoms with Gasteiger partial charge in [0.05, 0.1) is 16.2 Å². The Hall–Kier alpha value is -0.810. The van der Waals surface area contributed by atoms with Crippen molar-refractivity contribution in [2.45, 2.75) is 38.4 Å². The molecular weight excluding hydrogens is 324 g/mol. The molecule has 0 aliphatic heterocycles. The van der Waals surface area contributed by atoms with E-state index >= 15 is 0 Å². The SMILES string of the molecule is C=CCC/C(=N\[S@@](=O)C(C)(C)C)c1ncccc1Br. The van der Waals surface area contributed by atoms with Gasteiger partial charge in [-0.2, -0.15) is 4.40 Å². The van der Waals surface area contributed by atoms with E-state index in [1.807, 2.05) is 39.0 Å². The quantitative estimate of drug-likeness (QED) is 0.598. The highest BCUT2D eigenvalue weighted by atomic mass is 79.9. The highest BCUT2D eigenvalue weighted by Crippen LogP contribution is 2.20. The molecule has 104 valence electrons.